The van der Waals surface area contributed by atoms with Gasteiger partial charge in [0.15, 0.2) is 12.4 Å². The molecule has 0 amide bonds. The summed E-state index contributed by atoms with van der Waals surface area (Å²) in [6, 6.07) is 0. The van der Waals surface area contributed by atoms with Crippen LogP contribution in [0.25, 0.3) is 0 Å². The molecule has 2 saturated heterocycles. The third-order valence-electron chi connectivity index (χ3n) is 2.86. The number of hydrogen-bond donors (Lipinski definition) is 0. The minimum Gasteiger partial charge on any atom is -0.457 e. The third-order valence-corrected chi connectivity index (χ3v) is 2.86. The van der Waals surface area contributed by atoms with Gasteiger partial charge in [-0.3, -0.25) is 4.79 Å². The summed E-state index contributed by atoms with van der Waals surface area (Å²) in [4.78, 5) is 11.0. The van der Waals surface area contributed by atoms with E-state index < -0.39 is 12.4 Å². The number of methoxy groups -OCH3 is 2. The molecule has 92 valence electrons. The van der Waals surface area contributed by atoms with Crippen LogP contribution in [0.5, 0.6) is 0 Å². The summed E-state index contributed by atoms with van der Waals surface area (Å²) in [5, 5.41) is 0. The lowest BCUT2D eigenvalue weighted by Gasteiger charge is -2.38. The van der Waals surface area contributed by atoms with E-state index in [-0.39, 0.29) is 24.3 Å². The smallest absolute Gasteiger partial charge is 0.303 e. The average Bonchev–Trinajstić information content (AvgIpc) is 2.67. The number of ether oxygens (including phenoxy) is 5. The van der Waals surface area contributed by atoms with Gasteiger partial charge in [-0.15, -0.1) is 0 Å². The summed E-state index contributed by atoms with van der Waals surface area (Å²) < 4.78 is 26.8. The third kappa shape index (κ3) is 1.93. The van der Waals surface area contributed by atoms with Crippen molar-refractivity contribution in [3.63, 3.8) is 0 Å². The lowest BCUT2D eigenvalue weighted by atomic mass is 10.0. The Morgan fingerprint density at radius 2 is 1.88 bits per heavy atom. The van der Waals surface area contributed by atoms with Gasteiger partial charge in [-0.2, -0.15) is 0 Å². The SMILES string of the molecule is CO[C@H]1[C@H](OC(C)=O)[C@H]2COC(O2)[C@@H]1OC. The van der Waals surface area contributed by atoms with E-state index in [9.17, 15) is 4.79 Å². The zero-order valence-electron chi connectivity index (χ0n) is 9.54. The van der Waals surface area contributed by atoms with Gasteiger partial charge in [0.25, 0.3) is 0 Å². The van der Waals surface area contributed by atoms with E-state index in [1.807, 2.05) is 0 Å². The molecule has 0 aromatic carbocycles. The topological polar surface area (TPSA) is 63.2 Å². The van der Waals surface area contributed by atoms with E-state index in [0.29, 0.717) is 6.61 Å². The summed E-state index contributed by atoms with van der Waals surface area (Å²) in [5.74, 6) is -0.365. The van der Waals surface area contributed by atoms with Crippen LogP contribution in [-0.4, -0.2) is 57.5 Å². The van der Waals surface area contributed by atoms with Gasteiger partial charge in [0.2, 0.25) is 0 Å². The number of fused-ring (bicyclic) bond motifs is 2. The highest BCUT2D eigenvalue weighted by molar-refractivity contribution is 5.66. The van der Waals surface area contributed by atoms with Crippen molar-refractivity contribution < 1.29 is 28.5 Å². The first-order chi connectivity index (χ1) is 7.67. The minimum absolute atomic E-state index is 0.273. The molecule has 1 unspecified atom stereocenters. The molecule has 0 saturated carbocycles. The number of hydrogen-bond acceptors (Lipinski definition) is 6. The monoisotopic (exact) mass is 232 g/mol. The highest BCUT2D eigenvalue weighted by atomic mass is 16.8. The minimum atomic E-state index is -0.480. The molecule has 0 radical (unpaired) electrons. The molecule has 6 nitrogen and oxygen atoms in total. The maximum atomic E-state index is 11.0. The van der Waals surface area contributed by atoms with Crippen LogP contribution in [0, 0.1) is 0 Å². The van der Waals surface area contributed by atoms with Crippen molar-refractivity contribution in [2.45, 2.75) is 37.6 Å². The first-order valence-electron chi connectivity index (χ1n) is 5.17. The second kappa shape index (κ2) is 4.67. The molecule has 2 aliphatic rings. The van der Waals surface area contributed by atoms with Crippen LogP contribution in [0.1, 0.15) is 6.92 Å². The van der Waals surface area contributed by atoms with E-state index in [4.69, 9.17) is 23.7 Å². The zero-order valence-corrected chi connectivity index (χ0v) is 9.54. The molecule has 0 N–H and O–H groups in total. The van der Waals surface area contributed by atoms with Gasteiger partial charge >= 0.3 is 5.97 Å². The van der Waals surface area contributed by atoms with Crippen molar-refractivity contribution >= 4 is 5.97 Å². The van der Waals surface area contributed by atoms with Crippen LogP contribution in [0.3, 0.4) is 0 Å². The summed E-state index contributed by atoms with van der Waals surface area (Å²) in [6.45, 7) is 1.75. The first-order valence-corrected chi connectivity index (χ1v) is 5.17. The highest BCUT2D eigenvalue weighted by Crippen LogP contribution is 2.32. The summed E-state index contributed by atoms with van der Waals surface area (Å²) in [6.07, 6.45) is -1.93. The van der Waals surface area contributed by atoms with Crippen LogP contribution in [0.15, 0.2) is 0 Å². The zero-order chi connectivity index (χ0) is 11.7. The normalized spacial score (nSPS) is 42.1. The number of esters is 1. The molecule has 0 aromatic rings. The number of carbonyl (C=O) groups is 1. The predicted molar refractivity (Wildman–Crippen MR) is 51.8 cm³/mol. The summed E-state index contributed by atoms with van der Waals surface area (Å²) >= 11 is 0. The lowest BCUT2D eigenvalue weighted by Crippen LogP contribution is -2.56. The van der Waals surface area contributed by atoms with Gasteiger partial charge in [0, 0.05) is 21.1 Å². The van der Waals surface area contributed by atoms with Crippen molar-refractivity contribution in [3.8, 4) is 0 Å². The molecule has 2 aliphatic heterocycles. The Bertz CT molecular complexity index is 268. The van der Waals surface area contributed by atoms with Gasteiger partial charge in [0.05, 0.1) is 6.61 Å². The number of rotatable bonds is 3. The molecular formula is C10H16O6. The van der Waals surface area contributed by atoms with E-state index in [1.165, 1.54) is 6.92 Å². The van der Waals surface area contributed by atoms with Crippen molar-refractivity contribution in [1.82, 2.24) is 0 Å². The lowest BCUT2D eigenvalue weighted by molar-refractivity contribution is -0.248. The van der Waals surface area contributed by atoms with Gasteiger partial charge in [0.1, 0.15) is 18.3 Å². The molecule has 2 rings (SSSR count). The van der Waals surface area contributed by atoms with Crippen LogP contribution < -0.4 is 0 Å². The molecule has 0 aromatic heterocycles. The van der Waals surface area contributed by atoms with Crippen LogP contribution in [0.2, 0.25) is 0 Å². The quantitative estimate of drug-likeness (QED) is 0.623. The first kappa shape index (κ1) is 11.8. The van der Waals surface area contributed by atoms with Crippen LogP contribution in [0.4, 0.5) is 0 Å². The Labute approximate surface area is 93.7 Å². The molecule has 2 fully saturated rings. The molecule has 0 aliphatic carbocycles. The fourth-order valence-electron chi connectivity index (χ4n) is 2.19. The van der Waals surface area contributed by atoms with E-state index in [2.05, 4.69) is 0 Å². The molecule has 6 heteroatoms. The number of carbonyl (C=O) groups excluding carboxylic acids is 1. The fraction of sp³-hybridized carbons (Fsp3) is 0.900. The van der Waals surface area contributed by atoms with Crippen molar-refractivity contribution in [2.75, 3.05) is 20.8 Å². The standard InChI is InChI=1S/C10H16O6/c1-5(11)15-7-6-4-14-10(16-6)9(13-3)8(7)12-2/h6-10H,4H2,1-3H3/t6-,7-,8+,9-,10?/m1/s1. The van der Waals surface area contributed by atoms with E-state index >= 15 is 0 Å². The van der Waals surface area contributed by atoms with Crippen LogP contribution in [-0.2, 0) is 28.5 Å². The van der Waals surface area contributed by atoms with E-state index in [0.717, 1.165) is 0 Å². The van der Waals surface area contributed by atoms with Crippen molar-refractivity contribution in [2.24, 2.45) is 0 Å². The van der Waals surface area contributed by atoms with Gasteiger partial charge in [-0.05, 0) is 0 Å². The molecule has 2 heterocycles. The summed E-state index contributed by atoms with van der Waals surface area (Å²) in [7, 11) is 3.10. The maximum absolute atomic E-state index is 11.0. The van der Waals surface area contributed by atoms with Gasteiger partial charge in [-0.25, -0.2) is 0 Å². The Hall–Kier alpha value is -0.690. The highest BCUT2D eigenvalue weighted by Gasteiger charge is 2.53. The second-order valence-corrected chi connectivity index (χ2v) is 3.85. The van der Waals surface area contributed by atoms with Crippen LogP contribution >= 0.6 is 0 Å². The molecule has 5 atom stereocenters. The predicted octanol–water partition coefficient (Wildman–Crippen LogP) is -0.297. The largest absolute Gasteiger partial charge is 0.457 e. The molecule has 16 heavy (non-hydrogen) atoms. The Kier molecular flexibility index (Phi) is 3.44. The fourth-order valence-corrected chi connectivity index (χ4v) is 2.19. The van der Waals surface area contributed by atoms with E-state index in [1.54, 1.807) is 14.2 Å². The summed E-state index contributed by atoms with van der Waals surface area (Å²) in [5.41, 5.74) is 0. The molecular weight excluding hydrogens is 216 g/mol. The van der Waals surface area contributed by atoms with Gasteiger partial charge < -0.3 is 23.7 Å². The van der Waals surface area contributed by atoms with Crippen molar-refractivity contribution in [1.29, 1.82) is 0 Å². The second-order valence-electron chi connectivity index (χ2n) is 3.85. The average molecular weight is 232 g/mol. The Morgan fingerprint density at radius 1 is 1.19 bits per heavy atom. The Morgan fingerprint density at radius 3 is 2.44 bits per heavy atom. The Balaban J connectivity index is 2.16. The molecule has 0 spiro atoms. The van der Waals surface area contributed by atoms with Crippen molar-refractivity contribution in [3.05, 3.63) is 0 Å². The van der Waals surface area contributed by atoms with Gasteiger partial charge in [-0.1, -0.05) is 0 Å². The molecule has 2 bridgehead atoms. The maximum Gasteiger partial charge on any atom is 0.303 e.